The molecule has 0 aromatic carbocycles. The summed E-state index contributed by atoms with van der Waals surface area (Å²) in [6, 6.07) is 0.588. The Hall–Kier alpha value is -0.990. The summed E-state index contributed by atoms with van der Waals surface area (Å²) < 4.78 is 4.60. The second-order valence-corrected chi connectivity index (χ2v) is 3.16. The van der Waals surface area contributed by atoms with Crippen molar-refractivity contribution >= 4 is 5.97 Å². The van der Waals surface area contributed by atoms with Gasteiger partial charge < -0.3 is 10.1 Å². The molecule has 0 atom stereocenters. The molecule has 0 saturated heterocycles. The van der Waals surface area contributed by atoms with Crippen LogP contribution in [0.2, 0.25) is 0 Å². The lowest BCUT2D eigenvalue weighted by atomic mass is 10.2. The van der Waals surface area contributed by atoms with E-state index in [1.807, 2.05) is 6.92 Å². The number of hydrogen-bond donors (Lipinski definition) is 1. The van der Waals surface area contributed by atoms with Crippen molar-refractivity contribution in [2.75, 3.05) is 7.11 Å². The molecule has 68 valence electrons. The van der Waals surface area contributed by atoms with Gasteiger partial charge in [0.05, 0.1) is 12.7 Å². The average Bonchev–Trinajstić information content (AvgIpc) is 2.85. The van der Waals surface area contributed by atoms with E-state index in [1.54, 1.807) is 6.92 Å². The summed E-state index contributed by atoms with van der Waals surface area (Å²) in [4.78, 5) is 11.0. The SMILES string of the molecule is COC(=O)/C(C)=C(/C)NC1CC1. The standard InChI is InChI=1S/C9H15NO2/c1-6(9(11)12-3)7(2)10-8-4-5-8/h8,10H,4-5H2,1-3H3/b7-6-. The lowest BCUT2D eigenvalue weighted by molar-refractivity contribution is -0.136. The third kappa shape index (κ3) is 2.26. The van der Waals surface area contributed by atoms with Crippen LogP contribution < -0.4 is 5.32 Å². The summed E-state index contributed by atoms with van der Waals surface area (Å²) in [5, 5.41) is 3.25. The number of methoxy groups -OCH3 is 1. The highest BCUT2D eigenvalue weighted by molar-refractivity contribution is 5.88. The molecule has 1 aliphatic rings. The molecular formula is C9H15NO2. The topological polar surface area (TPSA) is 38.3 Å². The highest BCUT2D eigenvalue weighted by Gasteiger charge is 2.21. The number of allylic oxidation sites excluding steroid dienone is 1. The molecular weight excluding hydrogens is 154 g/mol. The minimum Gasteiger partial charge on any atom is -0.466 e. The van der Waals surface area contributed by atoms with Gasteiger partial charge in [-0.2, -0.15) is 0 Å². The molecule has 1 aliphatic carbocycles. The van der Waals surface area contributed by atoms with Crippen LogP contribution >= 0.6 is 0 Å². The molecule has 1 fully saturated rings. The fourth-order valence-electron chi connectivity index (χ4n) is 0.948. The molecule has 0 spiro atoms. The molecule has 0 aromatic heterocycles. The van der Waals surface area contributed by atoms with Gasteiger partial charge in [-0.3, -0.25) is 0 Å². The number of ether oxygens (including phenoxy) is 1. The van der Waals surface area contributed by atoms with Gasteiger partial charge in [-0.25, -0.2) is 4.79 Å². The van der Waals surface area contributed by atoms with E-state index in [0.29, 0.717) is 11.6 Å². The molecule has 0 radical (unpaired) electrons. The maximum atomic E-state index is 11.0. The third-order valence-corrected chi connectivity index (χ3v) is 2.05. The monoisotopic (exact) mass is 169 g/mol. The van der Waals surface area contributed by atoms with Crippen LogP contribution in [0.3, 0.4) is 0 Å². The van der Waals surface area contributed by atoms with Crippen molar-refractivity contribution in [3.05, 3.63) is 11.3 Å². The van der Waals surface area contributed by atoms with Crippen LogP contribution in [0.25, 0.3) is 0 Å². The molecule has 0 aliphatic heterocycles. The Kier molecular flexibility index (Phi) is 2.74. The number of carbonyl (C=O) groups excluding carboxylic acids is 1. The highest BCUT2D eigenvalue weighted by Crippen LogP contribution is 2.20. The van der Waals surface area contributed by atoms with Crippen LogP contribution in [0.4, 0.5) is 0 Å². The van der Waals surface area contributed by atoms with E-state index in [-0.39, 0.29) is 5.97 Å². The average molecular weight is 169 g/mol. The molecule has 1 N–H and O–H groups in total. The molecule has 1 saturated carbocycles. The van der Waals surface area contributed by atoms with Crippen LogP contribution in [-0.2, 0) is 9.53 Å². The van der Waals surface area contributed by atoms with E-state index in [0.717, 1.165) is 5.70 Å². The number of nitrogens with one attached hydrogen (secondary N) is 1. The van der Waals surface area contributed by atoms with Gasteiger partial charge in [0.1, 0.15) is 0 Å². The maximum Gasteiger partial charge on any atom is 0.335 e. The van der Waals surface area contributed by atoms with Crippen molar-refractivity contribution in [1.29, 1.82) is 0 Å². The van der Waals surface area contributed by atoms with Gasteiger partial charge in [0, 0.05) is 11.7 Å². The van der Waals surface area contributed by atoms with Crippen molar-refractivity contribution in [1.82, 2.24) is 5.32 Å². The summed E-state index contributed by atoms with van der Waals surface area (Å²) in [7, 11) is 1.40. The van der Waals surface area contributed by atoms with Gasteiger partial charge in [0.2, 0.25) is 0 Å². The first-order valence-corrected chi connectivity index (χ1v) is 4.17. The van der Waals surface area contributed by atoms with Gasteiger partial charge in [-0.05, 0) is 26.7 Å². The Labute approximate surface area is 72.8 Å². The van der Waals surface area contributed by atoms with Crippen LogP contribution in [0.1, 0.15) is 26.7 Å². The molecule has 0 aromatic rings. The fraction of sp³-hybridized carbons (Fsp3) is 0.667. The second-order valence-electron chi connectivity index (χ2n) is 3.16. The fourth-order valence-corrected chi connectivity index (χ4v) is 0.948. The predicted octanol–water partition coefficient (Wildman–Crippen LogP) is 1.21. The maximum absolute atomic E-state index is 11.0. The second kappa shape index (κ2) is 3.61. The number of esters is 1. The molecule has 0 amide bonds. The summed E-state index contributed by atoms with van der Waals surface area (Å²) in [5.41, 5.74) is 1.61. The van der Waals surface area contributed by atoms with Crippen molar-refractivity contribution in [2.24, 2.45) is 0 Å². The van der Waals surface area contributed by atoms with E-state index >= 15 is 0 Å². The van der Waals surface area contributed by atoms with E-state index in [9.17, 15) is 4.79 Å². The van der Waals surface area contributed by atoms with Crippen molar-refractivity contribution in [2.45, 2.75) is 32.7 Å². The first kappa shape index (κ1) is 9.10. The van der Waals surface area contributed by atoms with E-state index in [2.05, 4.69) is 10.1 Å². The molecule has 3 heteroatoms. The Morgan fingerprint density at radius 3 is 2.42 bits per heavy atom. The first-order chi connectivity index (χ1) is 5.65. The van der Waals surface area contributed by atoms with Crippen molar-refractivity contribution < 1.29 is 9.53 Å². The molecule has 3 nitrogen and oxygen atoms in total. The van der Waals surface area contributed by atoms with Crippen molar-refractivity contribution in [3.63, 3.8) is 0 Å². The number of rotatable bonds is 3. The normalized spacial score (nSPS) is 18.2. The molecule has 12 heavy (non-hydrogen) atoms. The van der Waals surface area contributed by atoms with E-state index in [4.69, 9.17) is 0 Å². The zero-order valence-corrected chi connectivity index (χ0v) is 7.81. The van der Waals surface area contributed by atoms with Gasteiger partial charge in [0.25, 0.3) is 0 Å². The lowest BCUT2D eigenvalue weighted by Gasteiger charge is -2.07. The zero-order chi connectivity index (χ0) is 9.14. The van der Waals surface area contributed by atoms with Crippen LogP contribution in [0.15, 0.2) is 11.3 Å². The van der Waals surface area contributed by atoms with Gasteiger partial charge in [-0.1, -0.05) is 0 Å². The number of hydrogen-bond acceptors (Lipinski definition) is 3. The molecule has 0 heterocycles. The van der Waals surface area contributed by atoms with Crippen LogP contribution in [0, 0.1) is 0 Å². The summed E-state index contributed by atoms with van der Waals surface area (Å²) >= 11 is 0. The quantitative estimate of drug-likeness (QED) is 0.509. The Morgan fingerprint density at radius 1 is 1.42 bits per heavy atom. The van der Waals surface area contributed by atoms with Crippen LogP contribution in [0.5, 0.6) is 0 Å². The molecule has 0 bridgehead atoms. The minimum atomic E-state index is -0.249. The smallest absolute Gasteiger partial charge is 0.335 e. The highest BCUT2D eigenvalue weighted by atomic mass is 16.5. The van der Waals surface area contributed by atoms with Gasteiger partial charge in [0.15, 0.2) is 0 Å². The Bertz CT molecular complexity index is 217. The molecule has 0 unspecified atom stereocenters. The van der Waals surface area contributed by atoms with Crippen LogP contribution in [-0.4, -0.2) is 19.1 Å². The zero-order valence-electron chi connectivity index (χ0n) is 7.81. The third-order valence-electron chi connectivity index (χ3n) is 2.05. The predicted molar refractivity (Wildman–Crippen MR) is 46.5 cm³/mol. The van der Waals surface area contributed by atoms with E-state index < -0.39 is 0 Å². The van der Waals surface area contributed by atoms with E-state index in [1.165, 1.54) is 20.0 Å². The Morgan fingerprint density at radius 2 is 2.00 bits per heavy atom. The van der Waals surface area contributed by atoms with Gasteiger partial charge >= 0.3 is 5.97 Å². The van der Waals surface area contributed by atoms with Gasteiger partial charge in [-0.15, -0.1) is 0 Å². The first-order valence-electron chi connectivity index (χ1n) is 4.17. The Balaban J connectivity index is 2.53. The molecule has 1 rings (SSSR count). The summed E-state index contributed by atoms with van der Waals surface area (Å²) in [6.07, 6.45) is 2.43. The van der Waals surface area contributed by atoms with Crippen molar-refractivity contribution in [3.8, 4) is 0 Å². The lowest BCUT2D eigenvalue weighted by Crippen LogP contribution is -2.17. The minimum absolute atomic E-state index is 0.249. The largest absolute Gasteiger partial charge is 0.466 e. The number of carbonyl (C=O) groups is 1. The summed E-state index contributed by atoms with van der Waals surface area (Å²) in [5.74, 6) is -0.249. The summed E-state index contributed by atoms with van der Waals surface area (Å²) in [6.45, 7) is 3.68.